The number of hydrogen-bond acceptors (Lipinski definition) is 9. The zero-order chi connectivity index (χ0) is 63.0. The van der Waals surface area contributed by atoms with Gasteiger partial charge in [0, 0.05) is 42.1 Å². The van der Waals surface area contributed by atoms with Crippen molar-refractivity contribution in [3.8, 4) is 45.3 Å². The van der Waals surface area contributed by atoms with Crippen LogP contribution in [0, 0.1) is 0 Å². The van der Waals surface area contributed by atoms with E-state index in [1.807, 2.05) is 164 Å². The summed E-state index contributed by atoms with van der Waals surface area (Å²) < 4.78 is 16.9. The van der Waals surface area contributed by atoms with E-state index in [1.165, 1.54) is 17.3 Å². The average Bonchev–Trinajstić information content (AvgIpc) is 3.64. The third kappa shape index (κ3) is 15.4. The van der Waals surface area contributed by atoms with E-state index >= 15 is 0 Å². The number of benzene rings is 8. The van der Waals surface area contributed by atoms with Crippen LogP contribution in [-0.4, -0.2) is 62.9 Å². The van der Waals surface area contributed by atoms with Crippen molar-refractivity contribution in [3.05, 3.63) is 246 Å². The summed E-state index contributed by atoms with van der Waals surface area (Å²) in [5, 5.41) is 26.8. The van der Waals surface area contributed by atoms with Crippen molar-refractivity contribution < 1.29 is 48.4 Å². The van der Waals surface area contributed by atoms with E-state index in [9.17, 15) is 34.2 Å². The molecule has 2 unspecified atom stereocenters. The predicted octanol–water partition coefficient (Wildman–Crippen LogP) is 16.5. The highest BCUT2D eigenvalue weighted by Crippen LogP contribution is 2.41. The molecule has 1 aliphatic heterocycles. The fraction of sp³-hybridized carbons (Fsp3) is 0.216. The number of rotatable bonds is 15. The molecule has 2 heterocycles. The Hall–Kier alpha value is -10.2. The molecule has 8 aromatic carbocycles. The first-order valence-electron chi connectivity index (χ1n) is 29.1. The molecule has 4 N–H and O–H groups in total. The van der Waals surface area contributed by atoms with Gasteiger partial charge in [0.05, 0.1) is 0 Å². The Morgan fingerprint density at radius 2 is 0.932 bits per heavy atom. The number of aliphatic carboxylic acids is 2. The van der Waals surface area contributed by atoms with Crippen molar-refractivity contribution in [1.29, 1.82) is 0 Å². The molecule has 0 saturated carbocycles. The summed E-state index contributed by atoms with van der Waals surface area (Å²) in [5.74, 6) is -0.323. The number of carboxylic acids is 2. The number of fused-ring (bicyclic) bond motifs is 2. The SMILES string of the molecule is CC(C)(C)OC(=O)[N+]1(C(=O)NC(Cc2ccc(-c3ccccc3)cc2)C(=O)O)C=Cc2cc(Oc3ccc(C(C)(C)C)cc3)ccc21.CC(C)(C)c1ccc(Oc2ccc3cc(C(=O)N[C@@H](Cc4ccc(-c5ccccc5)cc4)C(=O)O)ncc3c2)cc1. The van der Waals surface area contributed by atoms with E-state index < -0.39 is 52.1 Å². The van der Waals surface area contributed by atoms with Gasteiger partial charge in [-0.2, -0.15) is 4.79 Å². The minimum atomic E-state index is -1.31. The number of nitrogens with zero attached hydrogens (tertiary/aromatic N) is 2. The summed E-state index contributed by atoms with van der Waals surface area (Å²) in [6.45, 7) is 18.1. The minimum Gasteiger partial charge on any atom is -0.480 e. The second kappa shape index (κ2) is 26.2. The average molecular weight is 1180 g/mol. The van der Waals surface area contributed by atoms with Crippen LogP contribution in [0.2, 0.25) is 0 Å². The van der Waals surface area contributed by atoms with Gasteiger partial charge in [-0.1, -0.05) is 186 Å². The Morgan fingerprint density at radius 1 is 0.489 bits per heavy atom. The van der Waals surface area contributed by atoms with Gasteiger partial charge in [-0.05, 0) is 136 Å². The number of amides is 4. The predicted molar refractivity (Wildman–Crippen MR) is 346 cm³/mol. The van der Waals surface area contributed by atoms with Crippen LogP contribution in [-0.2, 0) is 38.0 Å². The Kier molecular flexibility index (Phi) is 18.6. The zero-order valence-corrected chi connectivity index (χ0v) is 50.9. The van der Waals surface area contributed by atoms with Crippen LogP contribution < -0.4 is 24.6 Å². The molecule has 9 aromatic rings. The molecule has 14 nitrogen and oxygen atoms in total. The Balaban J connectivity index is 0.000000211. The molecule has 10 rings (SSSR count). The van der Waals surface area contributed by atoms with Crippen molar-refractivity contribution in [2.24, 2.45) is 0 Å². The van der Waals surface area contributed by atoms with Crippen LogP contribution in [0.1, 0.15) is 101 Å². The van der Waals surface area contributed by atoms with E-state index in [1.54, 1.807) is 57.3 Å². The Labute approximate surface area is 513 Å². The van der Waals surface area contributed by atoms with Crippen LogP contribution >= 0.6 is 0 Å². The minimum absolute atomic E-state index is 0.00696. The molecule has 88 heavy (non-hydrogen) atoms. The van der Waals surface area contributed by atoms with Gasteiger partial charge >= 0.3 is 24.1 Å². The molecule has 0 bridgehead atoms. The summed E-state index contributed by atoms with van der Waals surface area (Å²) in [4.78, 5) is 69.6. The first-order valence-corrected chi connectivity index (χ1v) is 29.1. The van der Waals surface area contributed by atoms with Crippen molar-refractivity contribution >= 4 is 52.5 Å². The molecule has 4 amide bonds. The normalized spacial score (nSPS) is 14.3. The third-order valence-electron chi connectivity index (χ3n) is 14.9. The van der Waals surface area contributed by atoms with Crippen LogP contribution in [0.25, 0.3) is 39.1 Å². The maximum Gasteiger partial charge on any atom is 0.535 e. The second-order valence-electron chi connectivity index (χ2n) is 24.8. The fourth-order valence-electron chi connectivity index (χ4n) is 9.98. The lowest BCUT2D eigenvalue weighted by Gasteiger charge is -2.30. The molecule has 1 aromatic heterocycles. The topological polar surface area (TPSA) is 190 Å². The molecular formula is C74H73N4O10+. The van der Waals surface area contributed by atoms with E-state index in [2.05, 4.69) is 69.3 Å². The molecule has 0 radical (unpaired) electrons. The maximum absolute atomic E-state index is 14.1. The summed E-state index contributed by atoms with van der Waals surface area (Å²) in [7, 11) is 0. The first kappa shape index (κ1) is 62.4. The largest absolute Gasteiger partial charge is 0.535 e. The van der Waals surface area contributed by atoms with Gasteiger partial charge in [0.2, 0.25) is 0 Å². The zero-order valence-electron chi connectivity index (χ0n) is 50.9. The van der Waals surface area contributed by atoms with Gasteiger partial charge in [0.15, 0.2) is 5.69 Å². The number of hydrogen-bond donors (Lipinski definition) is 4. The highest BCUT2D eigenvalue weighted by atomic mass is 16.6. The highest BCUT2D eigenvalue weighted by molar-refractivity contribution is 6.11. The maximum atomic E-state index is 14.1. The number of carbonyl (C=O) groups excluding carboxylic acids is 3. The first-order chi connectivity index (χ1) is 41.8. The van der Waals surface area contributed by atoms with E-state index in [0.717, 1.165) is 49.9 Å². The number of imide groups is 1. The monoisotopic (exact) mass is 1180 g/mol. The number of urea groups is 1. The lowest BCUT2D eigenvalue weighted by molar-refractivity contribution is -0.140. The molecule has 0 spiro atoms. The van der Waals surface area contributed by atoms with Crippen LogP contribution in [0.15, 0.2) is 213 Å². The van der Waals surface area contributed by atoms with Crippen LogP contribution in [0.3, 0.4) is 0 Å². The number of carbonyl (C=O) groups is 5. The number of quaternary nitrogens is 1. The standard InChI is InChI=1S/C39H40N2O6.C35H32N2O4/c1-38(2,3)30-16-18-31(19-17-30)46-32-20-21-34-29(25-32)22-23-41(34,37(45)47-39(4,5)6)36(44)40-33(35(42)43)24-26-12-14-28(15-13-26)27-10-8-7-9-11-27;1-35(2,3)28-14-17-29(18-15-28)41-30-16-13-26-21-31(36-22-27(26)20-30)33(38)37-32(34(39)40)19-23-9-11-25(12-10-23)24-7-5-4-6-8-24/h7-23,25,33H,24H2,1-6H3,(H-,40,42,43,44);4-18,20-22,32H,19H2,1-3H3,(H,37,38)(H,39,40)/p+1/t;32-/m.0/s1. The number of aromatic nitrogens is 1. The van der Waals surface area contributed by atoms with Gasteiger partial charge < -0.3 is 29.7 Å². The molecular weight excluding hydrogens is 1100 g/mol. The molecule has 0 aliphatic carbocycles. The van der Waals surface area contributed by atoms with E-state index in [-0.39, 0.29) is 29.4 Å². The summed E-state index contributed by atoms with van der Waals surface area (Å²) in [6.07, 6.45) is 3.98. The van der Waals surface area contributed by atoms with Crippen LogP contribution in [0.5, 0.6) is 23.0 Å². The molecule has 14 heteroatoms. The van der Waals surface area contributed by atoms with Crippen molar-refractivity contribution in [1.82, 2.24) is 20.1 Å². The summed E-state index contributed by atoms with van der Waals surface area (Å²) in [5.41, 5.74) is 8.28. The quantitative estimate of drug-likeness (QED) is 0.0715. The van der Waals surface area contributed by atoms with E-state index in [4.69, 9.17) is 14.2 Å². The number of ether oxygens (including phenoxy) is 3. The summed E-state index contributed by atoms with van der Waals surface area (Å²) in [6, 6.07) is 59.9. The Bertz CT molecular complexity index is 4000. The van der Waals surface area contributed by atoms with Gasteiger partial charge in [0.1, 0.15) is 52.6 Å². The molecule has 3 atom stereocenters. The molecule has 0 fully saturated rings. The van der Waals surface area contributed by atoms with Gasteiger partial charge in [0.25, 0.3) is 5.91 Å². The molecule has 448 valence electrons. The summed E-state index contributed by atoms with van der Waals surface area (Å²) >= 11 is 0. The molecule has 1 aliphatic rings. The van der Waals surface area contributed by atoms with Gasteiger partial charge in [-0.15, -0.1) is 0 Å². The Morgan fingerprint density at radius 3 is 1.40 bits per heavy atom. The van der Waals surface area contributed by atoms with Gasteiger partial charge in [-0.25, -0.2) is 14.4 Å². The van der Waals surface area contributed by atoms with Crippen molar-refractivity contribution in [3.63, 3.8) is 0 Å². The number of nitrogens with one attached hydrogen (secondary N) is 2. The van der Waals surface area contributed by atoms with E-state index in [0.29, 0.717) is 28.5 Å². The second-order valence-corrected chi connectivity index (χ2v) is 24.8. The molecule has 0 saturated heterocycles. The van der Waals surface area contributed by atoms with Crippen molar-refractivity contribution in [2.45, 2.75) is 104 Å². The van der Waals surface area contributed by atoms with Gasteiger partial charge in [-0.3, -0.25) is 15.1 Å². The third-order valence-corrected chi connectivity index (χ3v) is 14.9. The smallest absolute Gasteiger partial charge is 0.480 e. The lowest BCUT2D eigenvalue weighted by atomic mass is 9.87. The number of carboxylic acid groups (broad SMARTS) is 2. The highest BCUT2D eigenvalue weighted by Gasteiger charge is 2.54. The number of pyridine rings is 1. The van der Waals surface area contributed by atoms with Crippen LogP contribution in [0.4, 0.5) is 15.3 Å². The van der Waals surface area contributed by atoms with Crippen molar-refractivity contribution in [2.75, 3.05) is 0 Å². The lowest BCUT2D eigenvalue weighted by Crippen LogP contribution is -2.62. The fourth-order valence-corrected chi connectivity index (χ4v) is 9.98.